The molecule has 2 atom stereocenters. The summed E-state index contributed by atoms with van der Waals surface area (Å²) in [5.41, 5.74) is 1.01. The van der Waals surface area contributed by atoms with Crippen LogP contribution >= 0.6 is 23.6 Å². The molecule has 0 aromatic carbocycles. The van der Waals surface area contributed by atoms with E-state index in [0.29, 0.717) is 6.61 Å². The molecule has 3 heterocycles. The second-order valence-electron chi connectivity index (χ2n) is 5.26. The van der Waals surface area contributed by atoms with Crippen molar-refractivity contribution >= 4 is 28.7 Å². The first-order valence-corrected chi connectivity index (χ1v) is 8.46. The van der Waals surface area contributed by atoms with Crippen molar-refractivity contribution in [3.63, 3.8) is 0 Å². The minimum atomic E-state index is 0.0728. The summed E-state index contributed by atoms with van der Waals surface area (Å²) < 4.78 is 5.24. The molecule has 0 amide bonds. The average Bonchev–Trinajstić information content (AvgIpc) is 3.09. The lowest BCUT2D eigenvalue weighted by molar-refractivity contribution is 0.164. The second-order valence-corrected chi connectivity index (χ2v) is 6.97. The normalized spacial score (nSPS) is 21.2. The topological polar surface area (TPSA) is 37.4 Å². The highest BCUT2D eigenvalue weighted by molar-refractivity contribution is 7.80. The molecule has 1 aliphatic heterocycles. The van der Waals surface area contributed by atoms with Gasteiger partial charge in [-0.15, -0.1) is 11.3 Å². The lowest BCUT2D eigenvalue weighted by atomic mass is 10.0. The Bertz CT molecular complexity index is 644. The Morgan fingerprint density at radius 2 is 2.23 bits per heavy atom. The summed E-state index contributed by atoms with van der Waals surface area (Å²) in [7, 11) is 1.72. The van der Waals surface area contributed by atoms with E-state index in [0.717, 1.165) is 17.4 Å². The number of methoxy groups -OCH3 is 1. The zero-order valence-electron chi connectivity index (χ0n) is 12.7. The highest BCUT2D eigenvalue weighted by atomic mass is 32.1. The van der Waals surface area contributed by atoms with Crippen LogP contribution in [-0.4, -0.2) is 35.3 Å². The molecule has 0 aliphatic carbocycles. The standard InChI is InChI=1S/C16H19N3OS2/c1-11-6-7-13(22-11)15-14(12-5-3-4-8-17-12)18-16(21)19(15)9-10-20-2/h3-8,14-15H,9-10H2,1-2H3,(H,18,21)/t14-,15+/m1/s1. The average molecular weight is 333 g/mol. The summed E-state index contributed by atoms with van der Waals surface area (Å²) >= 11 is 7.36. The Kier molecular flexibility index (Phi) is 4.71. The van der Waals surface area contributed by atoms with Crippen LogP contribution in [0.4, 0.5) is 0 Å². The smallest absolute Gasteiger partial charge is 0.170 e. The summed E-state index contributed by atoms with van der Waals surface area (Å²) in [6.45, 7) is 3.55. The molecule has 1 aliphatic rings. The zero-order chi connectivity index (χ0) is 15.5. The predicted octanol–water partition coefficient (Wildman–Crippen LogP) is 3.07. The van der Waals surface area contributed by atoms with E-state index in [4.69, 9.17) is 17.0 Å². The maximum absolute atomic E-state index is 5.55. The Morgan fingerprint density at radius 3 is 2.86 bits per heavy atom. The molecule has 0 bridgehead atoms. The van der Waals surface area contributed by atoms with Crippen molar-refractivity contribution in [3.8, 4) is 0 Å². The van der Waals surface area contributed by atoms with Gasteiger partial charge in [-0.25, -0.2) is 0 Å². The van der Waals surface area contributed by atoms with Gasteiger partial charge >= 0.3 is 0 Å². The minimum Gasteiger partial charge on any atom is -0.383 e. The van der Waals surface area contributed by atoms with E-state index in [1.165, 1.54) is 9.75 Å². The van der Waals surface area contributed by atoms with Crippen LogP contribution in [0.15, 0.2) is 36.5 Å². The summed E-state index contributed by atoms with van der Waals surface area (Å²) in [5.74, 6) is 0. The Labute approximate surface area is 140 Å². The summed E-state index contributed by atoms with van der Waals surface area (Å²) in [5, 5.41) is 4.20. The summed E-state index contributed by atoms with van der Waals surface area (Å²) in [6.07, 6.45) is 1.83. The van der Waals surface area contributed by atoms with Crippen molar-refractivity contribution in [2.24, 2.45) is 0 Å². The lowest BCUT2D eigenvalue weighted by Crippen LogP contribution is -2.32. The molecule has 0 unspecified atom stereocenters. The van der Waals surface area contributed by atoms with Crippen LogP contribution in [0.2, 0.25) is 0 Å². The van der Waals surface area contributed by atoms with Gasteiger partial charge in [0.05, 0.1) is 24.4 Å². The molecular weight excluding hydrogens is 314 g/mol. The van der Waals surface area contributed by atoms with Gasteiger partial charge in [0.1, 0.15) is 0 Å². The van der Waals surface area contributed by atoms with Gasteiger partial charge in [0.25, 0.3) is 0 Å². The monoisotopic (exact) mass is 333 g/mol. The quantitative estimate of drug-likeness (QED) is 0.851. The molecule has 0 spiro atoms. The van der Waals surface area contributed by atoms with Crippen LogP contribution < -0.4 is 5.32 Å². The van der Waals surface area contributed by atoms with E-state index in [9.17, 15) is 0 Å². The maximum atomic E-state index is 5.55. The number of thiocarbonyl (C=S) groups is 1. The number of pyridine rings is 1. The first-order valence-electron chi connectivity index (χ1n) is 7.24. The van der Waals surface area contributed by atoms with E-state index < -0.39 is 0 Å². The number of hydrogen-bond donors (Lipinski definition) is 1. The zero-order valence-corrected chi connectivity index (χ0v) is 14.3. The third kappa shape index (κ3) is 2.99. The molecule has 2 aromatic heterocycles. The molecular formula is C16H19N3OS2. The summed E-state index contributed by atoms with van der Waals surface area (Å²) in [6, 6.07) is 10.6. The van der Waals surface area contributed by atoms with Crippen molar-refractivity contribution in [2.75, 3.05) is 20.3 Å². The molecule has 1 N–H and O–H groups in total. The SMILES string of the molecule is COCCN1C(=S)N[C@H](c2ccccn2)[C@@H]1c1ccc(C)s1. The number of aromatic nitrogens is 1. The van der Waals surface area contributed by atoms with Crippen molar-refractivity contribution < 1.29 is 4.74 Å². The van der Waals surface area contributed by atoms with Crippen LogP contribution in [0.25, 0.3) is 0 Å². The Morgan fingerprint density at radius 1 is 1.36 bits per heavy atom. The molecule has 3 rings (SSSR count). The number of nitrogens with zero attached hydrogens (tertiary/aromatic N) is 2. The van der Waals surface area contributed by atoms with Gasteiger partial charge in [0.15, 0.2) is 5.11 Å². The van der Waals surface area contributed by atoms with Crippen LogP contribution in [0.5, 0.6) is 0 Å². The van der Waals surface area contributed by atoms with E-state index >= 15 is 0 Å². The van der Waals surface area contributed by atoms with Crippen molar-refractivity contribution in [1.82, 2.24) is 15.2 Å². The number of thiophene rings is 1. The number of hydrogen-bond acceptors (Lipinski definition) is 4. The fraction of sp³-hybridized carbons (Fsp3) is 0.375. The molecule has 2 aromatic rings. The largest absolute Gasteiger partial charge is 0.383 e. The molecule has 0 saturated carbocycles. The highest BCUT2D eigenvalue weighted by Gasteiger charge is 2.40. The van der Waals surface area contributed by atoms with Gasteiger partial charge in [0.2, 0.25) is 0 Å². The Balaban J connectivity index is 1.96. The molecule has 1 saturated heterocycles. The van der Waals surface area contributed by atoms with Crippen LogP contribution in [-0.2, 0) is 4.74 Å². The number of aryl methyl sites for hydroxylation is 1. The van der Waals surface area contributed by atoms with Crippen LogP contribution in [0.1, 0.15) is 27.5 Å². The first-order chi connectivity index (χ1) is 10.7. The molecule has 1 fully saturated rings. The Hall–Kier alpha value is -1.50. The van der Waals surface area contributed by atoms with Crippen molar-refractivity contribution in [1.29, 1.82) is 0 Å². The maximum Gasteiger partial charge on any atom is 0.170 e. The lowest BCUT2D eigenvalue weighted by Gasteiger charge is -2.26. The van der Waals surface area contributed by atoms with Gasteiger partial charge in [0, 0.05) is 29.6 Å². The number of nitrogens with one attached hydrogen (secondary N) is 1. The van der Waals surface area contributed by atoms with Crippen molar-refractivity contribution in [2.45, 2.75) is 19.0 Å². The highest BCUT2D eigenvalue weighted by Crippen LogP contribution is 2.40. The molecule has 116 valence electrons. The van der Waals surface area contributed by atoms with E-state index in [2.05, 4.69) is 34.3 Å². The molecule has 22 heavy (non-hydrogen) atoms. The van der Waals surface area contributed by atoms with Crippen LogP contribution in [0.3, 0.4) is 0 Å². The molecule has 4 nitrogen and oxygen atoms in total. The third-order valence-electron chi connectivity index (χ3n) is 3.79. The van der Waals surface area contributed by atoms with Gasteiger partial charge in [-0.2, -0.15) is 0 Å². The van der Waals surface area contributed by atoms with E-state index in [1.807, 2.05) is 35.7 Å². The third-order valence-corrected chi connectivity index (χ3v) is 5.21. The van der Waals surface area contributed by atoms with Crippen LogP contribution in [0, 0.1) is 6.92 Å². The van der Waals surface area contributed by atoms with Crippen molar-refractivity contribution in [3.05, 3.63) is 52.0 Å². The summed E-state index contributed by atoms with van der Waals surface area (Å²) in [4.78, 5) is 9.34. The van der Waals surface area contributed by atoms with Gasteiger partial charge in [-0.1, -0.05) is 6.07 Å². The second kappa shape index (κ2) is 6.73. The van der Waals surface area contributed by atoms with Gasteiger partial charge in [-0.05, 0) is 43.4 Å². The van der Waals surface area contributed by atoms with E-state index in [-0.39, 0.29) is 12.1 Å². The number of ether oxygens (including phenoxy) is 1. The predicted molar refractivity (Wildman–Crippen MR) is 93.1 cm³/mol. The van der Waals surface area contributed by atoms with E-state index in [1.54, 1.807) is 7.11 Å². The molecule has 6 heteroatoms. The number of rotatable bonds is 5. The fourth-order valence-corrected chi connectivity index (χ4v) is 4.12. The molecule has 0 radical (unpaired) electrons. The first kappa shape index (κ1) is 15.4. The van der Waals surface area contributed by atoms with Gasteiger partial charge < -0.3 is 15.0 Å². The van der Waals surface area contributed by atoms with Gasteiger partial charge in [-0.3, -0.25) is 4.98 Å². The minimum absolute atomic E-state index is 0.0728. The fourth-order valence-electron chi connectivity index (χ4n) is 2.76.